The van der Waals surface area contributed by atoms with Crippen molar-refractivity contribution < 1.29 is 18.8 Å². The molecule has 2 N–H and O–H groups in total. The first-order chi connectivity index (χ1) is 9.85. The summed E-state index contributed by atoms with van der Waals surface area (Å²) in [4.78, 5) is 10.8. The fourth-order valence-electron chi connectivity index (χ4n) is 1.23. The van der Waals surface area contributed by atoms with Crippen molar-refractivity contribution in [3.8, 4) is 23.5 Å². The molecular formula is C12H9N3O3. The first kappa shape index (κ1) is 8.31. The second-order valence-corrected chi connectivity index (χ2v) is 3.17. The van der Waals surface area contributed by atoms with Crippen LogP contribution in [0, 0.1) is 11.8 Å². The van der Waals surface area contributed by atoms with Gasteiger partial charge in [0.05, 0.1) is 0 Å². The van der Waals surface area contributed by atoms with Crippen molar-refractivity contribution in [2.24, 2.45) is 0 Å². The van der Waals surface area contributed by atoms with Gasteiger partial charge >= 0.3 is 5.97 Å². The van der Waals surface area contributed by atoms with E-state index in [1.807, 2.05) is 0 Å². The van der Waals surface area contributed by atoms with Crippen LogP contribution in [0.4, 0.5) is 0 Å². The first-order valence-corrected chi connectivity index (χ1v) is 4.80. The first-order valence-electron chi connectivity index (χ1n) is 6.30. The summed E-state index contributed by atoms with van der Waals surface area (Å²) in [5.74, 6) is 3.62. The Morgan fingerprint density at radius 3 is 2.94 bits per heavy atom. The third kappa shape index (κ3) is 2.47. The Morgan fingerprint density at radius 1 is 1.50 bits per heavy atom. The molecule has 0 unspecified atom stereocenters. The van der Waals surface area contributed by atoms with Gasteiger partial charge in [-0.3, -0.25) is 0 Å². The van der Waals surface area contributed by atoms with Crippen molar-refractivity contribution in [3.05, 3.63) is 35.5 Å². The number of hydrogen-bond donors (Lipinski definition) is 2. The molecule has 0 saturated carbocycles. The van der Waals surface area contributed by atoms with E-state index < -0.39 is 12.8 Å². The molecule has 0 aliphatic heterocycles. The summed E-state index contributed by atoms with van der Waals surface area (Å²) < 4.78 is 26.2. The molecule has 1 aromatic heterocycles. The molecule has 0 bridgehead atoms. The molecule has 0 aliphatic rings. The number of H-pyrrole nitrogens is 1. The van der Waals surface area contributed by atoms with Gasteiger partial charge in [0.2, 0.25) is 5.69 Å². The summed E-state index contributed by atoms with van der Waals surface area (Å²) in [6.45, 7) is -2.31. The molecule has 0 amide bonds. The third-order valence-electron chi connectivity index (χ3n) is 2.00. The van der Waals surface area contributed by atoms with E-state index in [9.17, 15) is 4.79 Å². The van der Waals surface area contributed by atoms with Crippen molar-refractivity contribution in [3.63, 3.8) is 0 Å². The Balaban J connectivity index is 2.14. The molecule has 1 aromatic carbocycles. The maximum atomic E-state index is 10.8. The summed E-state index contributed by atoms with van der Waals surface area (Å²) in [5.41, 5.74) is 0.168. The van der Waals surface area contributed by atoms with Gasteiger partial charge in [0, 0.05) is 9.68 Å². The average Bonchev–Trinajstić information content (AvgIpc) is 2.85. The SMILES string of the molecule is [2H]C([2H])([2H])C#Cc1ccc(Oc2[nH]nnc2C(=O)O)cc1. The molecule has 0 fully saturated rings. The number of aromatic carboxylic acids is 1. The van der Waals surface area contributed by atoms with Crippen LogP contribution in [0.3, 0.4) is 0 Å². The van der Waals surface area contributed by atoms with Crippen molar-refractivity contribution in [2.75, 3.05) is 0 Å². The van der Waals surface area contributed by atoms with Gasteiger partial charge in [0.15, 0.2) is 0 Å². The van der Waals surface area contributed by atoms with E-state index in [4.69, 9.17) is 14.0 Å². The molecule has 2 rings (SSSR count). The van der Waals surface area contributed by atoms with Gasteiger partial charge in [-0.2, -0.15) is 0 Å². The third-order valence-corrected chi connectivity index (χ3v) is 2.00. The number of benzene rings is 1. The number of carbonyl (C=O) groups is 1. The zero-order valence-corrected chi connectivity index (χ0v) is 8.97. The lowest BCUT2D eigenvalue weighted by Crippen LogP contribution is -1.99. The number of carboxylic acids is 1. The maximum Gasteiger partial charge on any atom is 0.362 e. The summed E-state index contributed by atoms with van der Waals surface area (Å²) in [6, 6.07) is 6.16. The van der Waals surface area contributed by atoms with E-state index in [0.717, 1.165) is 0 Å². The normalized spacial score (nSPS) is 12.6. The molecule has 18 heavy (non-hydrogen) atoms. The van der Waals surface area contributed by atoms with Gasteiger partial charge in [-0.15, -0.1) is 11.0 Å². The van der Waals surface area contributed by atoms with Crippen LogP contribution in [0.15, 0.2) is 24.3 Å². The van der Waals surface area contributed by atoms with Crippen molar-refractivity contribution >= 4 is 5.97 Å². The predicted octanol–water partition coefficient (Wildman–Crippen LogP) is 1.67. The quantitative estimate of drug-likeness (QED) is 0.804. The minimum absolute atomic E-state index is 0.0937. The molecule has 6 heteroatoms. The highest BCUT2D eigenvalue weighted by atomic mass is 16.5. The van der Waals surface area contributed by atoms with Gasteiger partial charge in [0.25, 0.3) is 5.88 Å². The second kappa shape index (κ2) is 5.01. The molecule has 0 saturated heterocycles. The van der Waals surface area contributed by atoms with Crippen molar-refractivity contribution in [1.29, 1.82) is 0 Å². The molecule has 0 atom stereocenters. The Kier molecular flexibility index (Phi) is 2.31. The second-order valence-electron chi connectivity index (χ2n) is 3.17. The molecule has 0 spiro atoms. The van der Waals surface area contributed by atoms with E-state index in [0.29, 0.717) is 11.3 Å². The molecular weight excluding hydrogens is 234 g/mol. The van der Waals surface area contributed by atoms with E-state index in [2.05, 4.69) is 27.3 Å². The number of nitrogens with one attached hydrogen (secondary N) is 1. The van der Waals surface area contributed by atoms with Crippen LogP contribution in [0.1, 0.15) is 27.0 Å². The Hall–Kier alpha value is -2.81. The number of aromatic amines is 1. The van der Waals surface area contributed by atoms with Crippen molar-refractivity contribution in [2.45, 2.75) is 6.85 Å². The number of nitrogens with zero attached hydrogens (tertiary/aromatic N) is 2. The van der Waals surface area contributed by atoms with Gasteiger partial charge < -0.3 is 9.84 Å². The molecule has 2 aromatic rings. The standard InChI is InChI=1S/C12H9N3O3/c1-2-3-8-4-6-9(7-5-8)18-11-10(12(16)17)13-15-14-11/h4-7H,1H3,(H,16,17)(H,13,14,15)/i1D3. The largest absolute Gasteiger partial charge is 0.476 e. The van der Waals surface area contributed by atoms with Gasteiger partial charge in [0.1, 0.15) is 5.75 Å². The Bertz CT molecular complexity index is 711. The number of ether oxygens (including phenoxy) is 1. The highest BCUT2D eigenvalue weighted by Crippen LogP contribution is 2.21. The molecule has 90 valence electrons. The minimum Gasteiger partial charge on any atom is -0.476 e. The predicted molar refractivity (Wildman–Crippen MR) is 62.4 cm³/mol. The number of rotatable bonds is 3. The topological polar surface area (TPSA) is 88.1 Å². The zero-order valence-electron chi connectivity index (χ0n) is 12.0. The lowest BCUT2D eigenvalue weighted by Gasteiger charge is -2.02. The molecule has 0 aliphatic carbocycles. The lowest BCUT2D eigenvalue weighted by molar-refractivity contribution is 0.0687. The molecule has 0 radical (unpaired) electrons. The summed E-state index contributed by atoms with van der Waals surface area (Å²) in [5, 5.41) is 17.9. The van der Waals surface area contributed by atoms with E-state index in [1.165, 1.54) is 12.1 Å². The summed E-state index contributed by atoms with van der Waals surface area (Å²) >= 11 is 0. The smallest absolute Gasteiger partial charge is 0.362 e. The Labute approximate surface area is 107 Å². The molecule has 1 heterocycles. The van der Waals surface area contributed by atoms with Crippen LogP contribution >= 0.6 is 0 Å². The van der Waals surface area contributed by atoms with Crippen molar-refractivity contribution in [1.82, 2.24) is 15.4 Å². The fraction of sp³-hybridized carbons (Fsp3) is 0.0833. The van der Waals surface area contributed by atoms with Gasteiger partial charge in [-0.05, 0) is 31.1 Å². The monoisotopic (exact) mass is 246 g/mol. The van der Waals surface area contributed by atoms with Crippen LogP contribution < -0.4 is 4.74 Å². The summed E-state index contributed by atoms with van der Waals surface area (Å²) in [6.07, 6.45) is 0. The molecule has 6 nitrogen and oxygen atoms in total. The number of carboxylic acid groups (broad SMARTS) is 1. The van der Waals surface area contributed by atoms with E-state index in [1.54, 1.807) is 12.1 Å². The van der Waals surface area contributed by atoms with Crippen LogP contribution in [0.2, 0.25) is 0 Å². The van der Waals surface area contributed by atoms with Crippen LogP contribution in [-0.4, -0.2) is 26.5 Å². The fourth-order valence-corrected chi connectivity index (χ4v) is 1.23. The zero-order chi connectivity index (χ0) is 15.5. The number of hydrogen-bond acceptors (Lipinski definition) is 4. The van der Waals surface area contributed by atoms with Crippen LogP contribution in [0.5, 0.6) is 11.6 Å². The Morgan fingerprint density at radius 2 is 2.28 bits per heavy atom. The highest BCUT2D eigenvalue weighted by Gasteiger charge is 2.16. The maximum absolute atomic E-state index is 10.8. The number of aromatic nitrogens is 3. The summed E-state index contributed by atoms with van der Waals surface area (Å²) in [7, 11) is 0. The average molecular weight is 246 g/mol. The van der Waals surface area contributed by atoms with Gasteiger partial charge in [-0.1, -0.05) is 11.1 Å². The van der Waals surface area contributed by atoms with Gasteiger partial charge in [-0.25, -0.2) is 9.89 Å². The minimum atomic E-state index is -2.31. The van der Waals surface area contributed by atoms with E-state index >= 15 is 0 Å². The van der Waals surface area contributed by atoms with Crippen LogP contribution in [-0.2, 0) is 0 Å². The van der Waals surface area contributed by atoms with E-state index in [-0.39, 0.29) is 11.6 Å². The highest BCUT2D eigenvalue weighted by molar-refractivity contribution is 5.87. The van der Waals surface area contributed by atoms with Crippen LogP contribution in [0.25, 0.3) is 0 Å². The lowest BCUT2D eigenvalue weighted by atomic mass is 10.2.